The van der Waals surface area contributed by atoms with Gasteiger partial charge in [0.1, 0.15) is 12.6 Å². The number of carbonyl (C=O) groups is 2. The predicted octanol–water partition coefficient (Wildman–Crippen LogP) is 6.68. The average molecular weight is 666 g/mol. The zero-order valence-corrected chi connectivity index (χ0v) is 27.5. The predicted molar refractivity (Wildman–Crippen MR) is 176 cm³/mol. The summed E-state index contributed by atoms with van der Waals surface area (Å²) in [6, 6.07) is 24.7. The van der Waals surface area contributed by atoms with Gasteiger partial charge >= 0.3 is 6.18 Å². The van der Waals surface area contributed by atoms with Gasteiger partial charge in [-0.2, -0.15) is 13.2 Å². The van der Waals surface area contributed by atoms with Crippen LogP contribution in [0.4, 0.5) is 18.9 Å². The minimum atomic E-state index is -4.76. The summed E-state index contributed by atoms with van der Waals surface area (Å²) in [4.78, 5) is 29.3. The van der Waals surface area contributed by atoms with E-state index in [0.717, 1.165) is 28.8 Å². The number of aryl methyl sites for hydroxylation is 2. The molecule has 4 rings (SSSR count). The number of benzene rings is 4. The van der Waals surface area contributed by atoms with Crippen LogP contribution in [-0.2, 0) is 38.8 Å². The topological polar surface area (TPSA) is 86.8 Å². The number of alkyl halides is 3. The van der Waals surface area contributed by atoms with Crippen molar-refractivity contribution in [1.29, 1.82) is 0 Å². The zero-order valence-electron chi connectivity index (χ0n) is 26.7. The van der Waals surface area contributed by atoms with Gasteiger partial charge in [-0.05, 0) is 69.2 Å². The number of hydrogen-bond donors (Lipinski definition) is 1. The number of hydrogen-bond acceptors (Lipinski definition) is 4. The molecular weight excluding hydrogens is 627 g/mol. The van der Waals surface area contributed by atoms with Crippen LogP contribution in [0.3, 0.4) is 0 Å². The van der Waals surface area contributed by atoms with E-state index in [1.54, 1.807) is 39.0 Å². The van der Waals surface area contributed by atoms with Crippen molar-refractivity contribution in [2.75, 3.05) is 10.8 Å². The summed E-state index contributed by atoms with van der Waals surface area (Å²) in [6.45, 7) is 6.31. The fourth-order valence-corrected chi connectivity index (χ4v) is 6.55. The smallest absolute Gasteiger partial charge is 0.352 e. The molecule has 0 aromatic heterocycles. The highest BCUT2D eigenvalue weighted by Gasteiger charge is 2.36. The maximum atomic E-state index is 14.5. The lowest BCUT2D eigenvalue weighted by Crippen LogP contribution is -2.54. The first-order valence-electron chi connectivity index (χ1n) is 15.1. The van der Waals surface area contributed by atoms with E-state index in [0.29, 0.717) is 15.9 Å². The Morgan fingerprint density at radius 2 is 1.43 bits per heavy atom. The molecule has 0 aliphatic heterocycles. The molecule has 0 fully saturated rings. The molecule has 4 aromatic carbocycles. The van der Waals surface area contributed by atoms with Crippen molar-refractivity contribution < 1.29 is 31.2 Å². The van der Waals surface area contributed by atoms with Crippen molar-refractivity contribution in [3.8, 4) is 0 Å². The molecule has 1 N–H and O–H groups in total. The minimum Gasteiger partial charge on any atom is -0.352 e. The van der Waals surface area contributed by atoms with Crippen molar-refractivity contribution in [3.63, 3.8) is 0 Å². The van der Waals surface area contributed by atoms with E-state index in [-0.39, 0.29) is 29.6 Å². The molecule has 0 heterocycles. The third-order valence-corrected chi connectivity index (χ3v) is 9.27. The van der Waals surface area contributed by atoms with Gasteiger partial charge in [0.15, 0.2) is 0 Å². The van der Waals surface area contributed by atoms with E-state index in [2.05, 4.69) is 5.32 Å². The largest absolute Gasteiger partial charge is 0.416 e. The molecule has 7 nitrogen and oxygen atoms in total. The summed E-state index contributed by atoms with van der Waals surface area (Å²) < 4.78 is 70.2. The van der Waals surface area contributed by atoms with Crippen LogP contribution in [0.1, 0.15) is 41.7 Å². The van der Waals surface area contributed by atoms with Crippen LogP contribution in [0, 0.1) is 13.8 Å². The van der Waals surface area contributed by atoms with Crippen LogP contribution in [0.5, 0.6) is 0 Å². The normalized spacial score (nSPS) is 12.4. The quantitative estimate of drug-likeness (QED) is 0.183. The number of halogens is 3. The molecule has 2 amide bonds. The fraction of sp³-hybridized carbons (Fsp3) is 0.278. The number of rotatable bonds is 12. The summed E-state index contributed by atoms with van der Waals surface area (Å²) in [5.74, 6) is -1.21. The summed E-state index contributed by atoms with van der Waals surface area (Å²) in [6.07, 6.45) is -4.64. The summed E-state index contributed by atoms with van der Waals surface area (Å²) in [5, 5.41) is 2.88. The van der Waals surface area contributed by atoms with Gasteiger partial charge in [0.25, 0.3) is 10.0 Å². The van der Waals surface area contributed by atoms with E-state index >= 15 is 0 Å². The van der Waals surface area contributed by atoms with Crippen molar-refractivity contribution in [2.45, 2.75) is 63.8 Å². The number of nitrogens with one attached hydrogen (secondary N) is 1. The Hall–Kier alpha value is -4.64. The first-order chi connectivity index (χ1) is 22.1. The molecule has 4 aromatic rings. The minimum absolute atomic E-state index is 0.0511. The molecule has 0 aliphatic rings. The van der Waals surface area contributed by atoms with Gasteiger partial charge < -0.3 is 10.2 Å². The molecule has 0 saturated heterocycles. The Labute approximate surface area is 274 Å². The molecule has 0 bridgehead atoms. The Kier molecular flexibility index (Phi) is 11.1. The number of anilines is 1. The van der Waals surface area contributed by atoms with E-state index in [1.165, 1.54) is 23.1 Å². The van der Waals surface area contributed by atoms with Gasteiger partial charge in [0, 0.05) is 19.0 Å². The maximum absolute atomic E-state index is 14.5. The van der Waals surface area contributed by atoms with E-state index in [1.807, 2.05) is 55.5 Å². The monoisotopic (exact) mass is 665 g/mol. The molecule has 47 heavy (non-hydrogen) atoms. The van der Waals surface area contributed by atoms with Gasteiger partial charge in [-0.15, -0.1) is 0 Å². The lowest BCUT2D eigenvalue weighted by molar-refractivity contribution is -0.140. The standard InChI is InChI=1S/C36H38F3N3O4S/c1-25(2)40-35(44)33(21-28-11-6-5-7-12-28)41(23-29-13-8-10-27(4)20-29)34(43)24-42(31-15-9-14-30(22-31)36(37,38)39)47(45,46)32-18-16-26(3)17-19-32/h5-20,22,25,33H,21,23-24H2,1-4H3,(H,40,44)/t33-/m0/s1. The van der Waals surface area contributed by atoms with Crippen LogP contribution >= 0.6 is 0 Å². The molecule has 0 aliphatic carbocycles. The third kappa shape index (κ3) is 9.22. The highest BCUT2D eigenvalue weighted by Crippen LogP contribution is 2.33. The molecule has 0 spiro atoms. The summed E-state index contributed by atoms with van der Waals surface area (Å²) in [7, 11) is -4.55. The summed E-state index contributed by atoms with van der Waals surface area (Å²) >= 11 is 0. The zero-order chi connectivity index (χ0) is 34.4. The fourth-order valence-electron chi connectivity index (χ4n) is 5.15. The Morgan fingerprint density at radius 3 is 2.04 bits per heavy atom. The lowest BCUT2D eigenvalue weighted by atomic mass is 10.0. The molecular formula is C36H38F3N3O4S. The molecule has 0 saturated carbocycles. The number of nitrogens with zero attached hydrogens (tertiary/aromatic N) is 2. The van der Waals surface area contributed by atoms with Gasteiger partial charge in [-0.3, -0.25) is 13.9 Å². The van der Waals surface area contributed by atoms with Crippen molar-refractivity contribution in [2.24, 2.45) is 0 Å². The Balaban J connectivity index is 1.85. The number of sulfonamides is 1. The second-order valence-electron chi connectivity index (χ2n) is 11.8. The highest BCUT2D eigenvalue weighted by molar-refractivity contribution is 7.92. The molecule has 0 radical (unpaired) electrons. The van der Waals surface area contributed by atoms with Crippen LogP contribution in [-0.4, -0.2) is 43.8 Å². The third-order valence-electron chi connectivity index (χ3n) is 7.49. The van der Waals surface area contributed by atoms with Gasteiger partial charge in [0.2, 0.25) is 11.8 Å². The van der Waals surface area contributed by atoms with Gasteiger partial charge in [-0.1, -0.05) is 83.9 Å². The van der Waals surface area contributed by atoms with Crippen LogP contribution in [0.2, 0.25) is 0 Å². The van der Waals surface area contributed by atoms with Crippen molar-refractivity contribution >= 4 is 27.5 Å². The van der Waals surface area contributed by atoms with E-state index in [9.17, 15) is 31.2 Å². The molecule has 1 atom stereocenters. The molecule has 248 valence electrons. The van der Waals surface area contributed by atoms with Crippen LogP contribution in [0.25, 0.3) is 0 Å². The number of carbonyl (C=O) groups excluding carboxylic acids is 2. The van der Waals surface area contributed by atoms with E-state index in [4.69, 9.17) is 0 Å². The van der Waals surface area contributed by atoms with Gasteiger partial charge in [-0.25, -0.2) is 8.42 Å². The van der Waals surface area contributed by atoms with Crippen molar-refractivity contribution in [1.82, 2.24) is 10.2 Å². The molecule has 11 heteroatoms. The highest BCUT2D eigenvalue weighted by atomic mass is 32.2. The van der Waals surface area contributed by atoms with Crippen LogP contribution in [0.15, 0.2) is 108 Å². The Bertz CT molecular complexity index is 1790. The first kappa shape index (κ1) is 35.2. The average Bonchev–Trinajstić information content (AvgIpc) is 3.01. The maximum Gasteiger partial charge on any atom is 0.416 e. The van der Waals surface area contributed by atoms with Crippen LogP contribution < -0.4 is 9.62 Å². The Morgan fingerprint density at radius 1 is 0.787 bits per heavy atom. The SMILES string of the molecule is Cc1ccc(S(=O)(=O)N(CC(=O)N(Cc2cccc(C)c2)[C@@H](Cc2ccccc2)C(=O)NC(C)C)c2cccc(C(F)(F)F)c2)cc1. The second kappa shape index (κ2) is 14.8. The van der Waals surface area contributed by atoms with E-state index < -0.39 is 46.2 Å². The molecule has 0 unspecified atom stereocenters. The lowest BCUT2D eigenvalue weighted by Gasteiger charge is -2.34. The summed E-state index contributed by atoms with van der Waals surface area (Å²) in [5.41, 5.74) is 1.74. The second-order valence-corrected chi connectivity index (χ2v) is 13.6. The number of amides is 2. The first-order valence-corrected chi connectivity index (χ1v) is 16.5. The van der Waals surface area contributed by atoms with Crippen molar-refractivity contribution in [3.05, 3.63) is 131 Å². The van der Waals surface area contributed by atoms with Gasteiger partial charge in [0.05, 0.1) is 16.1 Å².